The SMILES string of the molecule is CCC(C(=O)NC1CCCC1)N(Cc1ccc(OC)cc1)C(=O)CN(c1ccc(C)cc1C)S(C)(=O)=O. The number of sulfonamides is 1. The number of carbonyl (C=O) groups is 2. The molecule has 2 aromatic carbocycles. The van der Waals surface area contributed by atoms with E-state index in [9.17, 15) is 18.0 Å². The Bertz CT molecular complexity index is 1190. The molecule has 1 aliphatic rings. The smallest absolute Gasteiger partial charge is 0.244 e. The van der Waals surface area contributed by atoms with Crippen molar-refractivity contribution >= 4 is 27.5 Å². The van der Waals surface area contributed by atoms with Crippen LogP contribution in [-0.2, 0) is 26.2 Å². The highest BCUT2D eigenvalue weighted by atomic mass is 32.2. The lowest BCUT2D eigenvalue weighted by Gasteiger charge is -2.33. The van der Waals surface area contributed by atoms with E-state index in [2.05, 4.69) is 5.32 Å². The summed E-state index contributed by atoms with van der Waals surface area (Å²) in [7, 11) is -2.18. The summed E-state index contributed by atoms with van der Waals surface area (Å²) in [5.41, 5.74) is 3.02. The highest BCUT2D eigenvalue weighted by molar-refractivity contribution is 7.92. The Hall–Kier alpha value is -3.07. The Morgan fingerprint density at radius 3 is 2.27 bits per heavy atom. The van der Waals surface area contributed by atoms with Crippen LogP contribution in [0.5, 0.6) is 5.75 Å². The molecule has 202 valence electrons. The summed E-state index contributed by atoms with van der Waals surface area (Å²) in [6, 6.07) is 12.1. The van der Waals surface area contributed by atoms with E-state index in [1.807, 2.05) is 45.0 Å². The van der Waals surface area contributed by atoms with Crippen LogP contribution in [0.25, 0.3) is 0 Å². The molecule has 2 aromatic rings. The van der Waals surface area contributed by atoms with Gasteiger partial charge in [0, 0.05) is 12.6 Å². The molecule has 0 spiro atoms. The third-order valence-electron chi connectivity index (χ3n) is 6.90. The van der Waals surface area contributed by atoms with Crippen LogP contribution >= 0.6 is 0 Å². The molecular weight excluding hydrogens is 490 g/mol. The number of hydrogen-bond donors (Lipinski definition) is 1. The second kappa shape index (κ2) is 12.4. The lowest BCUT2D eigenvalue weighted by Crippen LogP contribution is -2.53. The molecule has 0 saturated heterocycles. The van der Waals surface area contributed by atoms with Gasteiger partial charge in [-0.2, -0.15) is 0 Å². The molecule has 1 saturated carbocycles. The number of ether oxygens (including phenoxy) is 1. The lowest BCUT2D eigenvalue weighted by atomic mass is 10.1. The van der Waals surface area contributed by atoms with E-state index < -0.39 is 28.5 Å². The van der Waals surface area contributed by atoms with E-state index in [4.69, 9.17) is 4.74 Å². The minimum atomic E-state index is -3.77. The Labute approximate surface area is 221 Å². The summed E-state index contributed by atoms with van der Waals surface area (Å²) < 4.78 is 32.0. The van der Waals surface area contributed by atoms with Crippen molar-refractivity contribution in [2.24, 2.45) is 0 Å². The molecule has 1 fully saturated rings. The van der Waals surface area contributed by atoms with E-state index >= 15 is 0 Å². The van der Waals surface area contributed by atoms with E-state index in [-0.39, 0.29) is 18.5 Å². The van der Waals surface area contributed by atoms with E-state index in [0.29, 0.717) is 17.9 Å². The molecule has 0 aromatic heterocycles. The molecule has 1 aliphatic carbocycles. The first kappa shape index (κ1) is 28.5. The van der Waals surface area contributed by atoms with Crippen molar-refractivity contribution in [1.82, 2.24) is 10.2 Å². The average molecular weight is 530 g/mol. The third-order valence-corrected chi connectivity index (χ3v) is 8.03. The number of benzene rings is 2. The first-order valence-electron chi connectivity index (χ1n) is 12.8. The van der Waals surface area contributed by atoms with Crippen LogP contribution in [0.15, 0.2) is 42.5 Å². The number of amides is 2. The summed E-state index contributed by atoms with van der Waals surface area (Å²) >= 11 is 0. The number of nitrogens with one attached hydrogen (secondary N) is 1. The van der Waals surface area contributed by atoms with Gasteiger partial charge in [-0.1, -0.05) is 49.6 Å². The number of hydrogen-bond acceptors (Lipinski definition) is 5. The highest BCUT2D eigenvalue weighted by Crippen LogP contribution is 2.25. The van der Waals surface area contributed by atoms with Crippen molar-refractivity contribution in [1.29, 1.82) is 0 Å². The van der Waals surface area contributed by atoms with E-state index in [1.165, 1.54) is 4.90 Å². The van der Waals surface area contributed by atoms with Crippen LogP contribution in [0.3, 0.4) is 0 Å². The predicted molar refractivity (Wildman–Crippen MR) is 146 cm³/mol. The normalized spacial score (nSPS) is 14.7. The lowest BCUT2D eigenvalue weighted by molar-refractivity contribution is -0.140. The topological polar surface area (TPSA) is 96.0 Å². The van der Waals surface area contributed by atoms with Crippen molar-refractivity contribution in [3.63, 3.8) is 0 Å². The molecule has 9 heteroatoms. The fourth-order valence-electron chi connectivity index (χ4n) is 4.89. The molecule has 0 heterocycles. The molecule has 1 unspecified atom stereocenters. The highest BCUT2D eigenvalue weighted by Gasteiger charge is 2.33. The summed E-state index contributed by atoms with van der Waals surface area (Å²) in [6.45, 7) is 5.39. The second-order valence-electron chi connectivity index (χ2n) is 9.84. The van der Waals surface area contributed by atoms with Crippen LogP contribution in [0.2, 0.25) is 0 Å². The first-order chi connectivity index (χ1) is 17.5. The molecule has 3 rings (SSSR count). The number of anilines is 1. The van der Waals surface area contributed by atoms with Gasteiger partial charge in [0.25, 0.3) is 0 Å². The predicted octanol–water partition coefficient (Wildman–Crippen LogP) is 3.94. The molecule has 2 amide bonds. The van der Waals surface area contributed by atoms with Gasteiger partial charge in [-0.15, -0.1) is 0 Å². The molecule has 0 aliphatic heterocycles. The third kappa shape index (κ3) is 7.47. The fourth-order valence-corrected chi connectivity index (χ4v) is 5.80. The maximum atomic E-state index is 13.8. The van der Waals surface area contributed by atoms with Gasteiger partial charge >= 0.3 is 0 Å². The summed E-state index contributed by atoms with van der Waals surface area (Å²) in [5.74, 6) is 0.0501. The molecule has 8 nitrogen and oxygen atoms in total. The number of aryl methyl sites for hydroxylation is 2. The summed E-state index contributed by atoms with van der Waals surface area (Å²) in [4.78, 5) is 28.7. The number of carbonyl (C=O) groups excluding carboxylic acids is 2. The molecular formula is C28H39N3O5S. The van der Waals surface area contributed by atoms with Gasteiger partial charge in [0.15, 0.2) is 0 Å². The standard InChI is InChI=1S/C28H39N3O5S/c1-6-25(28(33)29-23-9-7-8-10-23)30(18-22-12-14-24(36-4)15-13-22)27(32)19-31(37(5,34)35)26-16-11-20(2)17-21(26)3/h11-17,23,25H,6-10,18-19H2,1-5H3,(H,29,33). The molecule has 1 atom stereocenters. The fraction of sp³-hybridized carbons (Fsp3) is 0.500. The zero-order valence-electron chi connectivity index (χ0n) is 22.5. The monoisotopic (exact) mass is 529 g/mol. The van der Waals surface area contributed by atoms with Crippen molar-refractivity contribution in [3.8, 4) is 5.75 Å². The van der Waals surface area contributed by atoms with Gasteiger partial charge in [0.1, 0.15) is 18.3 Å². The van der Waals surface area contributed by atoms with Gasteiger partial charge in [0.2, 0.25) is 21.8 Å². The van der Waals surface area contributed by atoms with Crippen LogP contribution < -0.4 is 14.4 Å². The van der Waals surface area contributed by atoms with Crippen molar-refractivity contribution < 1.29 is 22.7 Å². The minimum absolute atomic E-state index is 0.113. The number of methoxy groups -OCH3 is 1. The summed E-state index contributed by atoms with van der Waals surface area (Å²) in [6.07, 6.45) is 5.53. The Balaban J connectivity index is 1.94. The zero-order chi connectivity index (χ0) is 27.2. The maximum Gasteiger partial charge on any atom is 0.244 e. The van der Waals surface area contributed by atoms with Crippen LogP contribution in [-0.4, -0.2) is 57.1 Å². The first-order valence-corrected chi connectivity index (χ1v) is 14.7. The van der Waals surface area contributed by atoms with E-state index in [0.717, 1.165) is 52.9 Å². The van der Waals surface area contributed by atoms with Crippen LogP contribution in [0.1, 0.15) is 55.7 Å². The van der Waals surface area contributed by atoms with Crippen molar-refractivity contribution in [2.75, 3.05) is 24.2 Å². The zero-order valence-corrected chi connectivity index (χ0v) is 23.3. The van der Waals surface area contributed by atoms with Gasteiger partial charge in [-0.25, -0.2) is 8.42 Å². The number of rotatable bonds is 11. The maximum absolute atomic E-state index is 13.8. The van der Waals surface area contributed by atoms with Crippen LogP contribution in [0, 0.1) is 13.8 Å². The van der Waals surface area contributed by atoms with E-state index in [1.54, 1.807) is 25.3 Å². The van der Waals surface area contributed by atoms with Crippen molar-refractivity contribution in [2.45, 2.75) is 71.5 Å². The molecule has 1 N–H and O–H groups in total. The Morgan fingerprint density at radius 2 is 1.73 bits per heavy atom. The van der Waals surface area contributed by atoms with Gasteiger partial charge in [-0.05, 0) is 62.4 Å². The van der Waals surface area contributed by atoms with Gasteiger partial charge < -0.3 is 15.0 Å². The quantitative estimate of drug-likeness (QED) is 0.476. The summed E-state index contributed by atoms with van der Waals surface area (Å²) in [5, 5.41) is 3.12. The Kier molecular flexibility index (Phi) is 9.59. The van der Waals surface area contributed by atoms with Gasteiger partial charge in [-0.3, -0.25) is 13.9 Å². The largest absolute Gasteiger partial charge is 0.497 e. The molecule has 0 bridgehead atoms. The van der Waals surface area contributed by atoms with Gasteiger partial charge in [0.05, 0.1) is 19.1 Å². The van der Waals surface area contributed by atoms with Crippen molar-refractivity contribution in [3.05, 3.63) is 59.2 Å². The Morgan fingerprint density at radius 1 is 1.08 bits per heavy atom. The van der Waals surface area contributed by atoms with Crippen LogP contribution in [0.4, 0.5) is 5.69 Å². The molecule has 0 radical (unpaired) electrons. The molecule has 37 heavy (non-hydrogen) atoms. The second-order valence-corrected chi connectivity index (χ2v) is 11.8. The average Bonchev–Trinajstić information content (AvgIpc) is 3.35. The number of nitrogens with zero attached hydrogens (tertiary/aromatic N) is 2. The minimum Gasteiger partial charge on any atom is -0.497 e.